The number of hydrogen-bond donors (Lipinski definition) is 2. The SMILES string of the molecule is O=[N+]([O-])c1cc(/C=N/N/C(=N\c2ccccn2)c2ccccn2)c(O)c([N+](=O)[O-])c1. The Balaban J connectivity index is 1.95. The molecular weight excluding hydrogens is 394 g/mol. The second-order valence-electron chi connectivity index (χ2n) is 5.65. The van der Waals surface area contributed by atoms with Gasteiger partial charge in [0.15, 0.2) is 11.7 Å². The lowest BCUT2D eigenvalue weighted by atomic mass is 10.1. The van der Waals surface area contributed by atoms with Gasteiger partial charge < -0.3 is 5.11 Å². The highest BCUT2D eigenvalue weighted by Gasteiger charge is 2.23. The topological polar surface area (TPSA) is 169 Å². The highest BCUT2D eigenvalue weighted by Crippen LogP contribution is 2.33. The third-order valence-corrected chi connectivity index (χ3v) is 3.67. The van der Waals surface area contributed by atoms with Crippen molar-refractivity contribution in [1.29, 1.82) is 0 Å². The van der Waals surface area contributed by atoms with E-state index in [0.29, 0.717) is 17.6 Å². The minimum Gasteiger partial charge on any atom is -0.502 e. The highest BCUT2D eigenvalue weighted by molar-refractivity contribution is 5.99. The average Bonchev–Trinajstić information content (AvgIpc) is 2.75. The van der Waals surface area contributed by atoms with Gasteiger partial charge in [0.1, 0.15) is 5.69 Å². The molecule has 0 unspecified atom stereocenters. The van der Waals surface area contributed by atoms with Gasteiger partial charge in [-0.2, -0.15) is 5.10 Å². The van der Waals surface area contributed by atoms with Crippen molar-refractivity contribution in [2.24, 2.45) is 10.1 Å². The maximum atomic E-state index is 11.0. The molecule has 0 radical (unpaired) electrons. The van der Waals surface area contributed by atoms with Crippen molar-refractivity contribution in [2.45, 2.75) is 0 Å². The van der Waals surface area contributed by atoms with Crippen molar-refractivity contribution >= 4 is 29.2 Å². The molecule has 0 fully saturated rings. The predicted octanol–water partition coefficient (Wildman–Crippen LogP) is 2.70. The number of nitro groups is 2. The van der Waals surface area contributed by atoms with Gasteiger partial charge in [-0.25, -0.2) is 9.98 Å². The van der Waals surface area contributed by atoms with E-state index in [4.69, 9.17) is 0 Å². The molecule has 1 aromatic carbocycles. The zero-order valence-corrected chi connectivity index (χ0v) is 15.1. The van der Waals surface area contributed by atoms with Crippen LogP contribution in [0.25, 0.3) is 0 Å². The average molecular weight is 407 g/mol. The molecule has 2 N–H and O–H groups in total. The van der Waals surface area contributed by atoms with Crippen LogP contribution < -0.4 is 5.43 Å². The molecule has 0 spiro atoms. The van der Waals surface area contributed by atoms with Crippen LogP contribution in [0.4, 0.5) is 17.2 Å². The van der Waals surface area contributed by atoms with Gasteiger partial charge in [-0.05, 0) is 24.3 Å². The fraction of sp³-hybridized carbons (Fsp3) is 0. The smallest absolute Gasteiger partial charge is 0.318 e. The van der Waals surface area contributed by atoms with E-state index in [0.717, 1.165) is 12.3 Å². The number of nitro benzene ring substituents is 2. The zero-order chi connectivity index (χ0) is 21.5. The number of pyridine rings is 2. The largest absolute Gasteiger partial charge is 0.502 e. The summed E-state index contributed by atoms with van der Waals surface area (Å²) < 4.78 is 0. The molecule has 0 aliphatic rings. The fourth-order valence-corrected chi connectivity index (χ4v) is 2.31. The number of aromatic hydroxyl groups is 1. The number of phenols is 1. The first-order valence-corrected chi connectivity index (χ1v) is 8.31. The van der Waals surface area contributed by atoms with Crippen LogP contribution in [-0.4, -0.2) is 37.0 Å². The second-order valence-corrected chi connectivity index (χ2v) is 5.65. The first kappa shape index (κ1) is 20.0. The summed E-state index contributed by atoms with van der Waals surface area (Å²) in [6.07, 6.45) is 4.11. The van der Waals surface area contributed by atoms with Crippen LogP contribution in [0.15, 0.2) is 71.0 Å². The van der Waals surface area contributed by atoms with E-state index < -0.39 is 27.0 Å². The van der Waals surface area contributed by atoms with Gasteiger partial charge in [0.25, 0.3) is 5.69 Å². The van der Waals surface area contributed by atoms with Gasteiger partial charge in [-0.1, -0.05) is 12.1 Å². The number of non-ortho nitro benzene ring substituents is 1. The van der Waals surface area contributed by atoms with E-state index in [2.05, 4.69) is 25.5 Å². The predicted molar refractivity (Wildman–Crippen MR) is 107 cm³/mol. The Morgan fingerprint density at radius 1 is 1.03 bits per heavy atom. The minimum absolute atomic E-state index is 0.199. The van der Waals surface area contributed by atoms with Gasteiger partial charge in [-0.3, -0.25) is 30.6 Å². The van der Waals surface area contributed by atoms with E-state index >= 15 is 0 Å². The lowest BCUT2D eigenvalue weighted by Gasteiger charge is -2.05. The zero-order valence-electron chi connectivity index (χ0n) is 15.1. The molecular formula is C18H13N7O5. The number of hydrazone groups is 1. The van der Waals surface area contributed by atoms with Crippen LogP contribution in [0.3, 0.4) is 0 Å². The van der Waals surface area contributed by atoms with Gasteiger partial charge in [0.2, 0.25) is 5.75 Å². The molecule has 2 aromatic heterocycles. The summed E-state index contributed by atoms with van der Waals surface area (Å²) in [7, 11) is 0. The molecule has 12 nitrogen and oxygen atoms in total. The molecule has 3 aromatic rings. The number of amidine groups is 1. The number of aromatic nitrogens is 2. The van der Waals surface area contributed by atoms with Crippen LogP contribution in [0.1, 0.15) is 11.3 Å². The van der Waals surface area contributed by atoms with Crippen LogP contribution >= 0.6 is 0 Å². The van der Waals surface area contributed by atoms with Gasteiger partial charge in [0.05, 0.1) is 27.7 Å². The number of aliphatic imine (C=N–C) groups is 1. The van der Waals surface area contributed by atoms with Crippen LogP contribution in [0.5, 0.6) is 5.75 Å². The highest BCUT2D eigenvalue weighted by atomic mass is 16.6. The van der Waals surface area contributed by atoms with E-state index in [9.17, 15) is 25.3 Å². The Kier molecular flexibility index (Phi) is 5.98. The fourth-order valence-electron chi connectivity index (χ4n) is 2.31. The van der Waals surface area contributed by atoms with E-state index in [1.807, 2.05) is 0 Å². The number of rotatable bonds is 6. The van der Waals surface area contributed by atoms with E-state index in [1.165, 1.54) is 0 Å². The Morgan fingerprint density at radius 3 is 2.37 bits per heavy atom. The number of phenolic OH excluding ortho intramolecular Hbond substituents is 1. The maximum Gasteiger partial charge on any atom is 0.318 e. The summed E-state index contributed by atoms with van der Waals surface area (Å²) >= 11 is 0. The third-order valence-electron chi connectivity index (χ3n) is 3.67. The van der Waals surface area contributed by atoms with Crippen molar-refractivity contribution in [3.63, 3.8) is 0 Å². The molecule has 0 bridgehead atoms. The first-order valence-electron chi connectivity index (χ1n) is 8.31. The number of hydrogen-bond acceptors (Lipinski definition) is 9. The molecule has 0 aliphatic carbocycles. The van der Waals surface area contributed by atoms with Crippen molar-refractivity contribution in [2.75, 3.05) is 0 Å². The summed E-state index contributed by atoms with van der Waals surface area (Å²) in [5.74, 6) is -0.183. The summed E-state index contributed by atoms with van der Waals surface area (Å²) in [5.41, 5.74) is 1.46. The Labute approximate surface area is 168 Å². The normalized spacial score (nSPS) is 11.4. The molecule has 0 saturated heterocycles. The van der Waals surface area contributed by atoms with Crippen LogP contribution in [0, 0.1) is 20.2 Å². The number of nitrogens with zero attached hydrogens (tertiary/aromatic N) is 6. The van der Waals surface area contributed by atoms with Crippen molar-refractivity contribution in [3.05, 3.63) is 92.4 Å². The van der Waals surface area contributed by atoms with E-state index in [-0.39, 0.29) is 11.4 Å². The third kappa shape index (κ3) is 4.75. The Bertz CT molecular complexity index is 1130. The molecule has 2 heterocycles. The molecule has 0 aliphatic heterocycles. The van der Waals surface area contributed by atoms with Crippen molar-refractivity contribution in [1.82, 2.24) is 15.4 Å². The molecule has 0 amide bonds. The molecule has 0 atom stereocenters. The van der Waals surface area contributed by atoms with Crippen molar-refractivity contribution < 1.29 is 15.0 Å². The summed E-state index contributed by atoms with van der Waals surface area (Å²) in [6, 6.07) is 11.9. The van der Waals surface area contributed by atoms with Crippen LogP contribution in [-0.2, 0) is 0 Å². The van der Waals surface area contributed by atoms with Gasteiger partial charge >= 0.3 is 5.69 Å². The molecule has 150 valence electrons. The lowest BCUT2D eigenvalue weighted by molar-refractivity contribution is -0.394. The summed E-state index contributed by atoms with van der Waals surface area (Å²) in [4.78, 5) is 32.9. The monoisotopic (exact) mass is 407 g/mol. The van der Waals surface area contributed by atoms with E-state index in [1.54, 1.807) is 48.8 Å². The quantitative estimate of drug-likeness (QED) is 0.272. The van der Waals surface area contributed by atoms with Gasteiger partial charge in [0, 0.05) is 18.5 Å². The standard InChI is InChI=1S/C18H13N7O5/c26-17-12(9-13(24(27)28)10-15(17)25(29)30)11-21-23-18(14-5-1-3-7-19-14)22-16-6-2-4-8-20-16/h1-11,26H,(H,20,22,23)/b21-11+. The first-order chi connectivity index (χ1) is 14.5. The van der Waals surface area contributed by atoms with Crippen LogP contribution in [0.2, 0.25) is 0 Å². The molecule has 30 heavy (non-hydrogen) atoms. The lowest BCUT2D eigenvalue weighted by Crippen LogP contribution is -2.20. The molecule has 3 rings (SSSR count). The molecule has 0 saturated carbocycles. The second kappa shape index (κ2) is 8.97. The Morgan fingerprint density at radius 2 is 1.77 bits per heavy atom. The number of benzene rings is 1. The molecule has 12 heteroatoms. The summed E-state index contributed by atoms with van der Waals surface area (Å²) in [5, 5.41) is 36.0. The maximum absolute atomic E-state index is 11.0. The number of nitrogens with one attached hydrogen (secondary N) is 1. The summed E-state index contributed by atoms with van der Waals surface area (Å²) in [6.45, 7) is 0. The Hall–Kier alpha value is -4.74. The minimum atomic E-state index is -0.922. The van der Waals surface area contributed by atoms with Crippen molar-refractivity contribution in [3.8, 4) is 5.75 Å². The van der Waals surface area contributed by atoms with Gasteiger partial charge in [-0.15, -0.1) is 0 Å².